The molecular weight excluding hydrogens is 298 g/mol. The molecule has 1 atom stereocenters. The monoisotopic (exact) mass is 313 g/mol. The molecule has 0 N–H and O–H groups in total. The lowest BCUT2D eigenvalue weighted by Gasteiger charge is -2.16. The summed E-state index contributed by atoms with van der Waals surface area (Å²) < 4.78 is 0. The van der Waals surface area contributed by atoms with Crippen molar-refractivity contribution in [1.82, 2.24) is 9.97 Å². The first kappa shape index (κ1) is 14.7. The zero-order valence-corrected chi connectivity index (χ0v) is 13.1. The van der Waals surface area contributed by atoms with Crippen LogP contribution in [0.4, 0.5) is 5.69 Å². The van der Waals surface area contributed by atoms with Gasteiger partial charge in [0.15, 0.2) is 5.16 Å². The molecule has 1 aliphatic heterocycles. The first-order chi connectivity index (χ1) is 10.6. The highest BCUT2D eigenvalue weighted by atomic mass is 32.2. The molecule has 2 aromatic rings. The number of imide groups is 1. The predicted octanol–water partition coefficient (Wildman–Crippen LogP) is 2.52. The lowest BCUT2D eigenvalue weighted by molar-refractivity contribution is -0.121. The van der Waals surface area contributed by atoms with Crippen LogP contribution in [0.15, 0.2) is 41.8 Å². The second-order valence-electron chi connectivity index (χ2n) is 5.18. The van der Waals surface area contributed by atoms with Crippen molar-refractivity contribution >= 4 is 29.3 Å². The van der Waals surface area contributed by atoms with Crippen molar-refractivity contribution in [2.75, 3.05) is 4.90 Å². The number of aromatic nitrogens is 2. The van der Waals surface area contributed by atoms with Gasteiger partial charge in [-0.15, -0.1) is 0 Å². The molecule has 112 valence electrons. The molecule has 1 aromatic carbocycles. The molecule has 2 heterocycles. The Bertz CT molecular complexity index is 733. The third-order valence-electron chi connectivity index (χ3n) is 3.64. The van der Waals surface area contributed by atoms with Crippen molar-refractivity contribution in [2.45, 2.75) is 30.7 Å². The van der Waals surface area contributed by atoms with Gasteiger partial charge >= 0.3 is 0 Å². The lowest BCUT2D eigenvalue weighted by Crippen LogP contribution is -2.31. The molecule has 5 nitrogen and oxygen atoms in total. The molecule has 0 saturated carbocycles. The highest BCUT2D eigenvalue weighted by Gasteiger charge is 2.40. The van der Waals surface area contributed by atoms with E-state index in [0.29, 0.717) is 10.8 Å². The van der Waals surface area contributed by atoms with Crippen LogP contribution in [0.1, 0.15) is 17.5 Å². The van der Waals surface area contributed by atoms with Gasteiger partial charge < -0.3 is 0 Å². The van der Waals surface area contributed by atoms with Crippen molar-refractivity contribution in [2.24, 2.45) is 0 Å². The molecule has 0 aliphatic carbocycles. The summed E-state index contributed by atoms with van der Waals surface area (Å²) in [5.41, 5.74) is 2.82. The minimum atomic E-state index is -0.462. The molecule has 1 saturated heterocycles. The zero-order valence-electron chi connectivity index (χ0n) is 12.3. The fraction of sp³-hybridized carbons (Fsp3) is 0.250. The number of rotatable bonds is 3. The first-order valence-electron chi connectivity index (χ1n) is 6.94. The molecular formula is C16H15N3O2S. The summed E-state index contributed by atoms with van der Waals surface area (Å²) in [5.74, 6) is -0.382. The minimum absolute atomic E-state index is 0.175. The standard InChI is InChI=1S/C16H15N3O2S/c1-10-4-5-12(8-11(10)2)19-14(20)9-13(15(19)21)22-16-17-6-3-7-18-16/h3-8,13H,9H2,1-2H3/t13-/m1/s1. The van der Waals surface area contributed by atoms with Gasteiger partial charge in [0.25, 0.3) is 0 Å². The Hall–Kier alpha value is -2.21. The average Bonchev–Trinajstić information content (AvgIpc) is 2.78. The zero-order chi connectivity index (χ0) is 15.7. The smallest absolute Gasteiger partial charge is 0.247 e. The van der Waals surface area contributed by atoms with Crippen LogP contribution in [0.3, 0.4) is 0 Å². The second kappa shape index (κ2) is 5.88. The fourth-order valence-electron chi connectivity index (χ4n) is 2.31. The topological polar surface area (TPSA) is 63.2 Å². The maximum absolute atomic E-state index is 12.5. The molecule has 6 heteroatoms. The van der Waals surface area contributed by atoms with Crippen molar-refractivity contribution < 1.29 is 9.59 Å². The summed E-state index contributed by atoms with van der Waals surface area (Å²) >= 11 is 1.23. The molecule has 22 heavy (non-hydrogen) atoms. The third-order valence-corrected chi connectivity index (χ3v) is 4.72. The van der Waals surface area contributed by atoms with Gasteiger partial charge in [-0.1, -0.05) is 17.8 Å². The Kier molecular flexibility index (Phi) is 3.94. The van der Waals surface area contributed by atoms with Crippen molar-refractivity contribution in [1.29, 1.82) is 0 Å². The second-order valence-corrected chi connectivity index (χ2v) is 6.35. The van der Waals surface area contributed by atoms with Crippen molar-refractivity contribution in [3.63, 3.8) is 0 Å². The van der Waals surface area contributed by atoms with E-state index in [1.54, 1.807) is 18.5 Å². The lowest BCUT2D eigenvalue weighted by atomic mass is 10.1. The summed E-state index contributed by atoms with van der Waals surface area (Å²) in [5, 5.41) is 0.0482. The van der Waals surface area contributed by atoms with Crippen LogP contribution < -0.4 is 4.90 Å². The van der Waals surface area contributed by atoms with E-state index in [0.717, 1.165) is 11.1 Å². The summed E-state index contributed by atoms with van der Waals surface area (Å²) in [6.45, 7) is 3.96. The number of aryl methyl sites for hydroxylation is 2. The van der Waals surface area contributed by atoms with Crippen molar-refractivity contribution in [3.8, 4) is 0 Å². The Morgan fingerprint density at radius 2 is 1.86 bits per heavy atom. The van der Waals surface area contributed by atoms with Crippen LogP contribution in [0.2, 0.25) is 0 Å². The van der Waals surface area contributed by atoms with Gasteiger partial charge in [-0.3, -0.25) is 9.59 Å². The average molecular weight is 313 g/mol. The molecule has 2 amide bonds. The minimum Gasteiger partial charge on any atom is -0.274 e. The van der Waals surface area contributed by atoms with Crippen LogP contribution in [-0.2, 0) is 9.59 Å². The summed E-state index contributed by atoms with van der Waals surface area (Å²) in [6, 6.07) is 7.32. The maximum Gasteiger partial charge on any atom is 0.247 e. The van der Waals surface area contributed by atoms with Crippen LogP contribution in [0.25, 0.3) is 0 Å². The number of carbonyl (C=O) groups is 2. The number of thioether (sulfide) groups is 1. The third kappa shape index (κ3) is 2.74. The molecule has 0 radical (unpaired) electrons. The maximum atomic E-state index is 12.5. The molecule has 1 aromatic heterocycles. The van der Waals surface area contributed by atoms with E-state index in [1.807, 2.05) is 32.0 Å². The SMILES string of the molecule is Cc1ccc(N2C(=O)C[C@@H](Sc3ncccn3)C2=O)cc1C. The van der Waals surface area contributed by atoms with E-state index < -0.39 is 5.25 Å². The number of anilines is 1. The molecule has 0 bridgehead atoms. The highest BCUT2D eigenvalue weighted by Crippen LogP contribution is 2.32. The Labute approximate surface area is 132 Å². The van der Waals surface area contributed by atoms with E-state index in [4.69, 9.17) is 0 Å². The number of hydrogen-bond acceptors (Lipinski definition) is 5. The molecule has 0 unspecified atom stereocenters. The fourth-order valence-corrected chi connectivity index (χ4v) is 3.24. The van der Waals surface area contributed by atoms with Gasteiger partial charge in [0.05, 0.1) is 5.69 Å². The number of amides is 2. The van der Waals surface area contributed by atoms with Crippen LogP contribution in [0.5, 0.6) is 0 Å². The van der Waals surface area contributed by atoms with E-state index in [-0.39, 0.29) is 18.2 Å². The molecule has 1 fully saturated rings. The number of benzene rings is 1. The van der Waals surface area contributed by atoms with Gasteiger partial charge in [0.1, 0.15) is 5.25 Å². The van der Waals surface area contributed by atoms with Crippen LogP contribution in [0, 0.1) is 13.8 Å². The summed E-state index contributed by atoms with van der Waals surface area (Å²) in [6.07, 6.45) is 3.42. The Morgan fingerprint density at radius 1 is 1.14 bits per heavy atom. The Morgan fingerprint density at radius 3 is 2.55 bits per heavy atom. The van der Waals surface area contributed by atoms with Gasteiger partial charge in [-0.25, -0.2) is 14.9 Å². The summed E-state index contributed by atoms with van der Waals surface area (Å²) in [7, 11) is 0. The number of hydrogen-bond donors (Lipinski definition) is 0. The number of nitrogens with zero attached hydrogens (tertiary/aromatic N) is 3. The quantitative estimate of drug-likeness (QED) is 0.643. The molecule has 0 spiro atoms. The first-order valence-corrected chi connectivity index (χ1v) is 7.82. The van der Waals surface area contributed by atoms with E-state index in [9.17, 15) is 9.59 Å². The van der Waals surface area contributed by atoms with Crippen LogP contribution in [-0.4, -0.2) is 27.0 Å². The van der Waals surface area contributed by atoms with Gasteiger partial charge in [-0.05, 0) is 43.2 Å². The van der Waals surface area contributed by atoms with Crippen LogP contribution >= 0.6 is 11.8 Å². The van der Waals surface area contributed by atoms with E-state index in [2.05, 4.69) is 9.97 Å². The van der Waals surface area contributed by atoms with E-state index >= 15 is 0 Å². The highest BCUT2D eigenvalue weighted by molar-refractivity contribution is 8.00. The van der Waals surface area contributed by atoms with Gasteiger partial charge in [-0.2, -0.15) is 0 Å². The predicted molar refractivity (Wildman–Crippen MR) is 84.7 cm³/mol. The van der Waals surface area contributed by atoms with Gasteiger partial charge in [0, 0.05) is 18.8 Å². The van der Waals surface area contributed by atoms with E-state index in [1.165, 1.54) is 16.7 Å². The Balaban J connectivity index is 1.83. The normalized spacial score (nSPS) is 18.1. The van der Waals surface area contributed by atoms with Crippen molar-refractivity contribution in [3.05, 3.63) is 47.8 Å². The largest absolute Gasteiger partial charge is 0.274 e. The van der Waals surface area contributed by atoms with Gasteiger partial charge in [0.2, 0.25) is 11.8 Å². The number of carbonyl (C=O) groups excluding carboxylic acids is 2. The summed E-state index contributed by atoms with van der Waals surface area (Å²) in [4.78, 5) is 34.2. The molecule has 3 rings (SSSR count). The molecule has 1 aliphatic rings.